The van der Waals surface area contributed by atoms with E-state index < -0.39 is 0 Å². The number of hydrogen-bond donors (Lipinski definition) is 4. The first-order valence-electron chi connectivity index (χ1n) is 8.05. The lowest BCUT2D eigenvalue weighted by atomic mass is 10.0. The van der Waals surface area contributed by atoms with Crippen LogP contribution in [0.4, 0.5) is 0 Å². The Balaban J connectivity index is 1.78. The number of nitrogens with zero attached hydrogens (tertiary/aromatic N) is 1. The maximum atomic E-state index is 6.03. The van der Waals surface area contributed by atoms with E-state index in [2.05, 4.69) is 14.5 Å². The second-order valence-corrected chi connectivity index (χ2v) is 8.08. The predicted octanol–water partition coefficient (Wildman–Crippen LogP) is 3.03. The van der Waals surface area contributed by atoms with Gasteiger partial charge in [0.05, 0.1) is 21.3 Å². The van der Waals surface area contributed by atoms with Crippen molar-refractivity contribution in [3.8, 4) is 5.75 Å². The fraction of sp³-hybridized carbons (Fsp3) is 0.500. The summed E-state index contributed by atoms with van der Waals surface area (Å²) in [6.45, 7) is 5.85. The SMILES string of the molecule is CC(C)(NSN1CCC(Oc2ccc(Cl)c(Cl)c2)CC1)/C(=C/N)NN. The van der Waals surface area contributed by atoms with Gasteiger partial charge in [0.1, 0.15) is 11.9 Å². The second-order valence-electron chi connectivity index (χ2n) is 6.37. The first-order valence-corrected chi connectivity index (χ1v) is 9.58. The molecule has 1 aromatic carbocycles. The van der Waals surface area contributed by atoms with Gasteiger partial charge < -0.3 is 15.9 Å². The van der Waals surface area contributed by atoms with Crippen LogP contribution in [0.15, 0.2) is 30.1 Å². The molecule has 0 aliphatic carbocycles. The molecule has 1 aliphatic rings. The molecule has 25 heavy (non-hydrogen) atoms. The molecule has 0 amide bonds. The van der Waals surface area contributed by atoms with Crippen molar-refractivity contribution in [1.82, 2.24) is 14.5 Å². The predicted molar refractivity (Wildman–Crippen MR) is 106 cm³/mol. The highest BCUT2D eigenvalue weighted by atomic mass is 35.5. The zero-order valence-electron chi connectivity index (χ0n) is 14.4. The number of piperidine rings is 1. The zero-order valence-corrected chi connectivity index (χ0v) is 16.7. The molecule has 1 heterocycles. The van der Waals surface area contributed by atoms with Crippen molar-refractivity contribution < 1.29 is 4.74 Å². The molecule has 0 aromatic heterocycles. The van der Waals surface area contributed by atoms with Crippen molar-refractivity contribution in [2.75, 3.05) is 13.1 Å². The Kier molecular flexibility index (Phi) is 7.54. The van der Waals surface area contributed by atoms with E-state index in [1.54, 1.807) is 24.3 Å². The van der Waals surface area contributed by atoms with Gasteiger partial charge >= 0.3 is 0 Å². The van der Waals surface area contributed by atoms with E-state index >= 15 is 0 Å². The molecule has 6 N–H and O–H groups in total. The third-order valence-electron chi connectivity index (χ3n) is 4.02. The van der Waals surface area contributed by atoms with E-state index in [9.17, 15) is 0 Å². The minimum Gasteiger partial charge on any atom is -0.490 e. The molecular weight excluding hydrogens is 381 g/mol. The third-order valence-corrected chi connectivity index (χ3v) is 5.98. The van der Waals surface area contributed by atoms with E-state index in [4.69, 9.17) is 39.5 Å². The van der Waals surface area contributed by atoms with Crippen LogP contribution in [0.3, 0.4) is 0 Å². The molecule has 140 valence electrons. The summed E-state index contributed by atoms with van der Waals surface area (Å²) >= 11 is 13.5. The Labute approximate surface area is 163 Å². The molecule has 9 heteroatoms. The molecule has 0 radical (unpaired) electrons. The molecule has 1 fully saturated rings. The number of nitrogens with two attached hydrogens (primary N) is 2. The molecule has 0 bridgehead atoms. The maximum absolute atomic E-state index is 6.03. The van der Waals surface area contributed by atoms with Gasteiger partial charge in [-0.2, -0.15) is 0 Å². The Morgan fingerprint density at radius 1 is 1.32 bits per heavy atom. The first-order chi connectivity index (χ1) is 11.9. The molecule has 0 saturated carbocycles. The number of benzene rings is 1. The van der Waals surface area contributed by atoms with Gasteiger partial charge in [-0.05, 0) is 38.8 Å². The molecule has 0 spiro atoms. The quantitative estimate of drug-likeness (QED) is 0.315. The topological polar surface area (TPSA) is 88.6 Å². The Morgan fingerprint density at radius 2 is 2.00 bits per heavy atom. The summed E-state index contributed by atoms with van der Waals surface area (Å²) in [6, 6.07) is 5.36. The molecule has 0 unspecified atom stereocenters. The minimum absolute atomic E-state index is 0.173. The van der Waals surface area contributed by atoms with Crippen molar-refractivity contribution in [1.29, 1.82) is 0 Å². The van der Waals surface area contributed by atoms with Gasteiger partial charge in [-0.25, -0.2) is 9.03 Å². The number of halogens is 2. The second kappa shape index (κ2) is 9.21. The average Bonchev–Trinajstić information content (AvgIpc) is 2.58. The summed E-state index contributed by atoms with van der Waals surface area (Å²) in [4.78, 5) is 0. The lowest BCUT2D eigenvalue weighted by Gasteiger charge is -2.34. The number of hydrogen-bond acceptors (Lipinski definition) is 7. The Hall–Kier alpha value is -0.830. The summed E-state index contributed by atoms with van der Waals surface area (Å²) in [5.74, 6) is 6.25. The highest BCUT2D eigenvalue weighted by Gasteiger charge is 2.26. The Morgan fingerprint density at radius 3 is 2.56 bits per heavy atom. The van der Waals surface area contributed by atoms with Crippen LogP contribution in [-0.2, 0) is 0 Å². The summed E-state index contributed by atoms with van der Waals surface area (Å²) < 4.78 is 11.7. The van der Waals surface area contributed by atoms with Crippen LogP contribution in [0.2, 0.25) is 10.0 Å². The van der Waals surface area contributed by atoms with Gasteiger partial charge in [-0.15, -0.1) is 0 Å². The fourth-order valence-electron chi connectivity index (χ4n) is 2.45. The van der Waals surface area contributed by atoms with E-state index in [0.717, 1.165) is 37.4 Å². The van der Waals surface area contributed by atoms with Gasteiger partial charge in [0.15, 0.2) is 0 Å². The summed E-state index contributed by atoms with van der Waals surface area (Å²) in [5, 5.41) is 1.04. The average molecular weight is 406 g/mol. The molecule has 0 atom stereocenters. The summed E-state index contributed by atoms with van der Waals surface area (Å²) in [6.07, 6.45) is 3.52. The smallest absolute Gasteiger partial charge is 0.121 e. The van der Waals surface area contributed by atoms with E-state index in [1.807, 2.05) is 19.9 Å². The van der Waals surface area contributed by atoms with Crippen molar-refractivity contribution in [3.05, 3.63) is 40.1 Å². The fourth-order valence-corrected chi connectivity index (χ4v) is 3.60. The standard InChI is InChI=1S/C16H25Cl2N5OS/c1-16(2,15(10-19)21-20)22-25-23-7-5-11(6-8-23)24-12-3-4-13(17)14(18)9-12/h3-4,9-11,21-22H,5-8,19-20H2,1-2H3/b15-10-. The van der Waals surface area contributed by atoms with Gasteiger partial charge in [-0.1, -0.05) is 23.2 Å². The van der Waals surface area contributed by atoms with Crippen LogP contribution in [-0.4, -0.2) is 29.0 Å². The van der Waals surface area contributed by atoms with Gasteiger partial charge in [0.2, 0.25) is 0 Å². The number of nitrogens with one attached hydrogen (secondary N) is 2. The Bertz CT molecular complexity index is 606. The maximum Gasteiger partial charge on any atom is 0.121 e. The monoisotopic (exact) mass is 405 g/mol. The lowest BCUT2D eigenvalue weighted by Crippen LogP contribution is -2.47. The van der Waals surface area contributed by atoms with E-state index in [-0.39, 0.29) is 11.6 Å². The van der Waals surface area contributed by atoms with Crippen molar-refractivity contribution in [3.63, 3.8) is 0 Å². The largest absolute Gasteiger partial charge is 0.490 e. The normalized spacial score (nSPS) is 17.6. The van der Waals surface area contributed by atoms with Crippen LogP contribution in [0.5, 0.6) is 5.75 Å². The van der Waals surface area contributed by atoms with Crippen LogP contribution in [0.1, 0.15) is 26.7 Å². The first kappa shape index (κ1) is 20.5. The van der Waals surface area contributed by atoms with Gasteiger partial charge in [-0.3, -0.25) is 5.84 Å². The molecule has 2 rings (SSSR count). The lowest BCUT2D eigenvalue weighted by molar-refractivity contribution is 0.138. The van der Waals surface area contributed by atoms with Gasteiger partial charge in [0, 0.05) is 37.5 Å². The third kappa shape index (κ3) is 5.84. The number of rotatable bonds is 7. The molecule has 1 saturated heterocycles. The molecule has 1 aromatic rings. The van der Waals surface area contributed by atoms with E-state index in [0.29, 0.717) is 10.0 Å². The van der Waals surface area contributed by atoms with Crippen LogP contribution in [0.25, 0.3) is 0 Å². The van der Waals surface area contributed by atoms with E-state index in [1.165, 1.54) is 6.20 Å². The minimum atomic E-state index is -0.360. The zero-order chi connectivity index (χ0) is 18.4. The highest BCUT2D eigenvalue weighted by Crippen LogP contribution is 2.29. The van der Waals surface area contributed by atoms with Crippen molar-refractivity contribution >= 4 is 35.3 Å². The number of ether oxygens (including phenoxy) is 1. The van der Waals surface area contributed by atoms with Crippen molar-refractivity contribution in [2.24, 2.45) is 11.6 Å². The molecule has 1 aliphatic heterocycles. The van der Waals surface area contributed by atoms with Crippen molar-refractivity contribution in [2.45, 2.75) is 38.3 Å². The van der Waals surface area contributed by atoms with Crippen LogP contribution < -0.4 is 26.5 Å². The molecular formula is C16H25Cl2N5OS. The molecule has 6 nitrogen and oxygen atoms in total. The van der Waals surface area contributed by atoms with Gasteiger partial charge in [0.25, 0.3) is 0 Å². The highest BCUT2D eigenvalue weighted by molar-refractivity contribution is 7.95. The number of hydrazine groups is 1. The van der Waals surface area contributed by atoms with Crippen LogP contribution in [0, 0.1) is 0 Å². The summed E-state index contributed by atoms with van der Waals surface area (Å²) in [5.41, 5.74) is 8.59. The summed E-state index contributed by atoms with van der Waals surface area (Å²) in [7, 11) is 0. The van der Waals surface area contributed by atoms with Crippen LogP contribution >= 0.6 is 35.3 Å².